The summed E-state index contributed by atoms with van der Waals surface area (Å²) >= 11 is 0. The van der Waals surface area contributed by atoms with Crippen molar-refractivity contribution >= 4 is 0 Å². The van der Waals surface area contributed by atoms with Crippen LogP contribution in [-0.4, -0.2) is 37.1 Å². The largest absolute Gasteiger partial charge is 0.311 e. The fourth-order valence-electron chi connectivity index (χ4n) is 3.07. The Morgan fingerprint density at radius 1 is 1.20 bits per heavy atom. The molecule has 0 radical (unpaired) electrons. The number of hydrogen-bond acceptors (Lipinski definition) is 2. The first-order chi connectivity index (χ1) is 7.15. The van der Waals surface area contributed by atoms with E-state index in [9.17, 15) is 0 Å². The predicted molar refractivity (Wildman–Crippen MR) is 65.0 cm³/mol. The minimum Gasteiger partial charge on any atom is -0.311 e. The van der Waals surface area contributed by atoms with E-state index in [1.54, 1.807) is 0 Å². The Morgan fingerprint density at radius 3 is 2.33 bits per heavy atom. The Bertz CT molecular complexity index is 191. The topological polar surface area (TPSA) is 15.3 Å². The van der Waals surface area contributed by atoms with Crippen molar-refractivity contribution in [3.05, 3.63) is 0 Å². The third kappa shape index (κ3) is 2.94. The Labute approximate surface area is 94.4 Å². The predicted octanol–water partition coefficient (Wildman–Crippen LogP) is 2.10. The summed E-state index contributed by atoms with van der Waals surface area (Å²) < 4.78 is 0. The van der Waals surface area contributed by atoms with E-state index in [-0.39, 0.29) is 0 Å². The van der Waals surface area contributed by atoms with E-state index in [4.69, 9.17) is 0 Å². The Kier molecular flexibility index (Phi) is 3.68. The van der Waals surface area contributed by atoms with Crippen LogP contribution in [0.3, 0.4) is 0 Å². The molecule has 1 unspecified atom stereocenters. The molecule has 2 aliphatic rings. The second kappa shape index (κ2) is 4.84. The van der Waals surface area contributed by atoms with E-state index >= 15 is 0 Å². The first kappa shape index (κ1) is 11.4. The lowest BCUT2D eigenvalue weighted by atomic mass is 9.80. The molecule has 0 spiro atoms. The molecule has 2 rings (SSSR count). The molecule has 0 bridgehead atoms. The molecule has 2 fully saturated rings. The number of likely N-dealkylation sites (tertiary alicyclic amines) is 1. The Morgan fingerprint density at radius 2 is 1.80 bits per heavy atom. The van der Waals surface area contributed by atoms with Gasteiger partial charge in [0.05, 0.1) is 0 Å². The summed E-state index contributed by atoms with van der Waals surface area (Å²) in [6.07, 6.45) is 5.56. The summed E-state index contributed by atoms with van der Waals surface area (Å²) in [5, 5.41) is 3.81. The van der Waals surface area contributed by atoms with Crippen molar-refractivity contribution < 1.29 is 0 Å². The van der Waals surface area contributed by atoms with Crippen LogP contribution in [0, 0.1) is 11.8 Å². The third-order valence-corrected chi connectivity index (χ3v) is 4.34. The maximum Gasteiger partial charge on any atom is 0.00747 e. The van der Waals surface area contributed by atoms with E-state index in [2.05, 4.69) is 31.1 Å². The zero-order chi connectivity index (χ0) is 10.8. The van der Waals surface area contributed by atoms with Crippen LogP contribution in [0.15, 0.2) is 0 Å². The fourth-order valence-corrected chi connectivity index (χ4v) is 3.07. The van der Waals surface area contributed by atoms with Crippen LogP contribution in [0.25, 0.3) is 0 Å². The van der Waals surface area contributed by atoms with Gasteiger partial charge >= 0.3 is 0 Å². The maximum atomic E-state index is 3.81. The lowest BCUT2D eigenvalue weighted by Crippen LogP contribution is -2.49. The number of nitrogens with zero attached hydrogens (tertiary/aromatic N) is 1. The van der Waals surface area contributed by atoms with Gasteiger partial charge in [-0.25, -0.2) is 0 Å². The van der Waals surface area contributed by atoms with E-state index in [1.807, 2.05) is 0 Å². The smallest absolute Gasteiger partial charge is 0.00747 e. The summed E-state index contributed by atoms with van der Waals surface area (Å²) in [7, 11) is 2.24. The third-order valence-electron chi connectivity index (χ3n) is 4.34. The van der Waals surface area contributed by atoms with Crippen molar-refractivity contribution in [3.63, 3.8) is 0 Å². The van der Waals surface area contributed by atoms with Gasteiger partial charge in [0.25, 0.3) is 0 Å². The van der Waals surface area contributed by atoms with Gasteiger partial charge in [-0.3, -0.25) is 0 Å². The van der Waals surface area contributed by atoms with Gasteiger partial charge in [-0.15, -0.1) is 0 Å². The van der Waals surface area contributed by atoms with E-state index < -0.39 is 0 Å². The molecule has 0 aromatic carbocycles. The highest BCUT2D eigenvalue weighted by Crippen LogP contribution is 2.28. The molecule has 2 nitrogen and oxygen atoms in total. The summed E-state index contributed by atoms with van der Waals surface area (Å²) in [4.78, 5) is 2.45. The molecule has 1 aliphatic heterocycles. The van der Waals surface area contributed by atoms with Crippen LogP contribution >= 0.6 is 0 Å². The van der Waals surface area contributed by atoms with Crippen molar-refractivity contribution in [1.29, 1.82) is 0 Å². The van der Waals surface area contributed by atoms with Crippen molar-refractivity contribution in [3.8, 4) is 0 Å². The summed E-state index contributed by atoms with van der Waals surface area (Å²) in [6.45, 7) is 7.33. The average Bonchev–Trinajstić information content (AvgIpc) is 2.16. The second-order valence-corrected chi connectivity index (χ2v) is 5.87. The fraction of sp³-hybridized carbons (Fsp3) is 1.00. The minimum absolute atomic E-state index is 0.733. The van der Waals surface area contributed by atoms with Gasteiger partial charge in [0.1, 0.15) is 0 Å². The highest BCUT2D eigenvalue weighted by molar-refractivity contribution is 4.87. The van der Waals surface area contributed by atoms with Gasteiger partial charge in [-0.1, -0.05) is 6.92 Å². The van der Waals surface area contributed by atoms with E-state index in [0.29, 0.717) is 0 Å². The second-order valence-electron chi connectivity index (χ2n) is 5.87. The number of hydrogen-bond donors (Lipinski definition) is 1. The van der Waals surface area contributed by atoms with Crippen LogP contribution < -0.4 is 5.32 Å². The molecule has 2 heteroatoms. The maximum absolute atomic E-state index is 3.81. The highest BCUT2D eigenvalue weighted by Gasteiger charge is 2.29. The average molecular weight is 210 g/mol. The molecule has 1 atom stereocenters. The van der Waals surface area contributed by atoms with Gasteiger partial charge in [0.15, 0.2) is 0 Å². The van der Waals surface area contributed by atoms with Crippen LogP contribution in [0.2, 0.25) is 0 Å². The van der Waals surface area contributed by atoms with Gasteiger partial charge in [-0.2, -0.15) is 0 Å². The van der Waals surface area contributed by atoms with Crippen LogP contribution in [-0.2, 0) is 0 Å². The van der Waals surface area contributed by atoms with Gasteiger partial charge < -0.3 is 10.2 Å². The number of rotatable bonds is 3. The standard InChI is InChI=1S/C13H26N2/c1-10-8-13(9-10)14-11(2)12-4-6-15(3)7-5-12/h10-14H,4-9H2,1-3H3. The molecular weight excluding hydrogens is 184 g/mol. The lowest BCUT2D eigenvalue weighted by molar-refractivity contribution is 0.156. The van der Waals surface area contributed by atoms with Crippen LogP contribution in [0.5, 0.6) is 0 Å². The number of piperidine rings is 1. The summed E-state index contributed by atoms with van der Waals surface area (Å²) in [5.74, 6) is 1.88. The molecular formula is C13H26N2. The summed E-state index contributed by atoms with van der Waals surface area (Å²) in [6, 6.07) is 1.56. The van der Waals surface area contributed by atoms with Gasteiger partial charge in [-0.05, 0) is 64.6 Å². The molecule has 0 aromatic heterocycles. The Hall–Kier alpha value is -0.0800. The van der Waals surface area contributed by atoms with Crippen molar-refractivity contribution in [2.45, 2.75) is 51.6 Å². The molecule has 1 saturated carbocycles. The monoisotopic (exact) mass is 210 g/mol. The van der Waals surface area contributed by atoms with E-state index in [1.165, 1.54) is 38.8 Å². The zero-order valence-electron chi connectivity index (χ0n) is 10.5. The van der Waals surface area contributed by atoms with Crippen molar-refractivity contribution in [2.24, 2.45) is 11.8 Å². The first-order valence-electron chi connectivity index (χ1n) is 6.59. The molecule has 88 valence electrons. The first-order valence-corrected chi connectivity index (χ1v) is 6.59. The normalized spacial score (nSPS) is 36.2. The summed E-state index contributed by atoms with van der Waals surface area (Å²) in [5.41, 5.74) is 0. The molecule has 0 aromatic rings. The van der Waals surface area contributed by atoms with Gasteiger partial charge in [0, 0.05) is 12.1 Å². The SMILES string of the molecule is CC1CC(NC(C)C2CCN(C)CC2)C1. The van der Waals surface area contributed by atoms with Crippen LogP contribution in [0.4, 0.5) is 0 Å². The van der Waals surface area contributed by atoms with E-state index in [0.717, 1.165) is 23.9 Å². The molecule has 1 heterocycles. The van der Waals surface area contributed by atoms with Crippen molar-refractivity contribution in [2.75, 3.05) is 20.1 Å². The molecule has 0 amide bonds. The highest BCUT2D eigenvalue weighted by atomic mass is 15.1. The van der Waals surface area contributed by atoms with Crippen molar-refractivity contribution in [1.82, 2.24) is 10.2 Å². The Balaban J connectivity index is 1.69. The molecule has 15 heavy (non-hydrogen) atoms. The quantitative estimate of drug-likeness (QED) is 0.767. The molecule has 1 aliphatic carbocycles. The van der Waals surface area contributed by atoms with Gasteiger partial charge in [0.2, 0.25) is 0 Å². The van der Waals surface area contributed by atoms with Crippen LogP contribution in [0.1, 0.15) is 39.5 Å². The lowest BCUT2D eigenvalue weighted by Gasteiger charge is -2.40. The zero-order valence-corrected chi connectivity index (χ0v) is 10.5. The number of nitrogens with one attached hydrogen (secondary N) is 1. The molecule has 1 N–H and O–H groups in total. The minimum atomic E-state index is 0.733. The molecule has 1 saturated heterocycles.